The van der Waals surface area contributed by atoms with E-state index in [4.69, 9.17) is 4.42 Å². The molecule has 2 N–H and O–H groups in total. The maximum atomic E-state index is 12.7. The number of benzene rings is 1. The maximum Gasteiger partial charge on any atom is 0.321 e. The van der Waals surface area contributed by atoms with E-state index in [0.29, 0.717) is 6.54 Å². The molecule has 2 aromatic heterocycles. The second-order valence-corrected chi connectivity index (χ2v) is 6.55. The van der Waals surface area contributed by atoms with Gasteiger partial charge in [0, 0.05) is 30.3 Å². The second kappa shape index (κ2) is 7.03. The summed E-state index contributed by atoms with van der Waals surface area (Å²) in [6.45, 7) is 3.25. The Kier molecular flexibility index (Phi) is 4.43. The molecule has 0 radical (unpaired) electrons. The van der Waals surface area contributed by atoms with Crippen LogP contribution in [0.5, 0.6) is 0 Å². The third kappa shape index (κ3) is 3.46. The molecule has 1 aromatic carbocycles. The molecule has 3 heterocycles. The van der Waals surface area contributed by atoms with Crippen molar-refractivity contribution in [1.82, 2.24) is 20.1 Å². The Morgan fingerprint density at radius 3 is 3.04 bits per heavy atom. The zero-order valence-electron chi connectivity index (χ0n) is 14.6. The van der Waals surface area contributed by atoms with Gasteiger partial charge in [-0.1, -0.05) is 12.1 Å². The number of aromatic amines is 1. The summed E-state index contributed by atoms with van der Waals surface area (Å²) in [6.07, 6.45) is 3.58. The molecule has 0 aliphatic carbocycles. The highest BCUT2D eigenvalue weighted by atomic mass is 16.3. The van der Waals surface area contributed by atoms with Crippen molar-refractivity contribution in [3.05, 3.63) is 54.3 Å². The Labute approximate surface area is 151 Å². The van der Waals surface area contributed by atoms with Crippen LogP contribution in [0.15, 0.2) is 47.1 Å². The number of nitrogens with one attached hydrogen (secondary N) is 2. The van der Waals surface area contributed by atoms with Gasteiger partial charge in [0.2, 0.25) is 0 Å². The van der Waals surface area contributed by atoms with Crippen LogP contribution >= 0.6 is 0 Å². The lowest BCUT2D eigenvalue weighted by Crippen LogP contribution is -2.41. The smallest absolute Gasteiger partial charge is 0.321 e. The molecule has 26 heavy (non-hydrogen) atoms. The first-order chi connectivity index (χ1) is 12.7. The highest BCUT2D eigenvalue weighted by molar-refractivity contribution is 5.90. The molecule has 134 valence electrons. The van der Waals surface area contributed by atoms with Crippen molar-refractivity contribution in [1.29, 1.82) is 0 Å². The number of amides is 2. The Morgan fingerprint density at radius 2 is 2.27 bits per heavy atom. The fourth-order valence-electron chi connectivity index (χ4n) is 3.31. The van der Waals surface area contributed by atoms with E-state index in [1.807, 2.05) is 48.2 Å². The highest BCUT2D eigenvalue weighted by Crippen LogP contribution is 2.26. The minimum atomic E-state index is -0.0986. The number of aryl methyl sites for hydroxylation is 1. The third-order valence-corrected chi connectivity index (χ3v) is 4.61. The van der Waals surface area contributed by atoms with Crippen LogP contribution in [0.25, 0.3) is 11.3 Å². The number of hydrogen-bond acceptors (Lipinski definition) is 4. The highest BCUT2D eigenvalue weighted by Gasteiger charge is 2.27. The van der Waals surface area contributed by atoms with Crippen LogP contribution in [-0.2, 0) is 0 Å². The number of likely N-dealkylation sites (tertiary alicyclic amines) is 1. The molecule has 1 atom stereocenters. The summed E-state index contributed by atoms with van der Waals surface area (Å²) in [6, 6.07) is 11.3. The average molecular weight is 351 g/mol. The monoisotopic (exact) mass is 351 g/mol. The molecule has 0 saturated carbocycles. The number of nitrogens with zero attached hydrogens (tertiary/aromatic N) is 3. The quantitative estimate of drug-likeness (QED) is 0.752. The topological polar surface area (TPSA) is 87.1 Å². The maximum absolute atomic E-state index is 12.7. The molecular formula is C19H21N5O2. The van der Waals surface area contributed by atoms with Crippen molar-refractivity contribution in [3.8, 4) is 11.3 Å². The van der Waals surface area contributed by atoms with Gasteiger partial charge in [0.05, 0.1) is 6.26 Å². The van der Waals surface area contributed by atoms with Crippen LogP contribution in [0.1, 0.15) is 30.4 Å². The van der Waals surface area contributed by atoms with Crippen molar-refractivity contribution < 1.29 is 9.21 Å². The van der Waals surface area contributed by atoms with Gasteiger partial charge in [-0.05, 0) is 44.0 Å². The van der Waals surface area contributed by atoms with Crippen LogP contribution in [0.4, 0.5) is 10.5 Å². The van der Waals surface area contributed by atoms with Crippen LogP contribution in [-0.4, -0.2) is 39.2 Å². The number of piperidine rings is 1. The largest absolute Gasteiger partial charge is 0.464 e. The predicted octanol–water partition coefficient (Wildman–Crippen LogP) is 3.78. The Balaban J connectivity index is 1.44. The van der Waals surface area contributed by atoms with Crippen molar-refractivity contribution in [3.63, 3.8) is 0 Å². The zero-order chi connectivity index (χ0) is 17.9. The number of H-pyrrole nitrogens is 1. The normalized spacial score (nSPS) is 17.3. The summed E-state index contributed by atoms with van der Waals surface area (Å²) in [5.41, 5.74) is 1.68. The Hall–Kier alpha value is -3.09. The van der Waals surface area contributed by atoms with Gasteiger partial charge in [-0.3, -0.25) is 5.10 Å². The molecule has 0 unspecified atom stereocenters. The van der Waals surface area contributed by atoms with E-state index in [1.54, 1.807) is 6.26 Å². The molecule has 1 aliphatic rings. The number of anilines is 1. The number of rotatable bonds is 3. The average Bonchev–Trinajstić information content (AvgIpc) is 3.34. The summed E-state index contributed by atoms with van der Waals surface area (Å²) in [5.74, 6) is 2.55. The number of carbonyl (C=O) groups is 1. The molecule has 2 amide bonds. The van der Waals surface area contributed by atoms with E-state index in [0.717, 1.165) is 48.0 Å². The molecule has 3 aromatic rings. The van der Waals surface area contributed by atoms with Crippen LogP contribution in [0, 0.1) is 6.92 Å². The fourth-order valence-corrected chi connectivity index (χ4v) is 3.31. The van der Waals surface area contributed by atoms with Gasteiger partial charge in [0.15, 0.2) is 5.82 Å². The van der Waals surface area contributed by atoms with E-state index >= 15 is 0 Å². The van der Waals surface area contributed by atoms with Gasteiger partial charge in [0.1, 0.15) is 11.6 Å². The lowest BCUT2D eigenvalue weighted by Gasteiger charge is -2.31. The lowest BCUT2D eigenvalue weighted by molar-refractivity contribution is 0.191. The summed E-state index contributed by atoms with van der Waals surface area (Å²) < 4.78 is 5.42. The first-order valence-electron chi connectivity index (χ1n) is 8.78. The van der Waals surface area contributed by atoms with Crippen molar-refractivity contribution >= 4 is 11.7 Å². The number of carbonyl (C=O) groups excluding carboxylic acids is 1. The number of urea groups is 1. The van der Waals surface area contributed by atoms with Gasteiger partial charge in [-0.2, -0.15) is 5.10 Å². The Bertz CT molecular complexity index is 887. The van der Waals surface area contributed by atoms with Gasteiger partial charge in [-0.15, -0.1) is 0 Å². The molecule has 0 bridgehead atoms. The number of furan rings is 1. The third-order valence-electron chi connectivity index (χ3n) is 4.61. The molecule has 1 saturated heterocycles. The summed E-state index contributed by atoms with van der Waals surface area (Å²) in [7, 11) is 0. The van der Waals surface area contributed by atoms with E-state index in [9.17, 15) is 4.79 Å². The SMILES string of the molecule is Cc1nc([C@@H]2CCCN(C(=O)Nc3cccc(-c4ccco4)c3)C2)n[nH]1. The molecule has 7 heteroatoms. The standard InChI is InChI=1S/C19H21N5O2/c1-13-20-18(23-22-13)15-6-3-9-24(12-15)19(25)21-16-7-2-5-14(11-16)17-8-4-10-26-17/h2,4-5,7-8,10-11,15H,3,6,9,12H2,1H3,(H,21,25)(H,20,22,23)/t15-/m1/s1. The summed E-state index contributed by atoms with van der Waals surface area (Å²) in [4.78, 5) is 18.9. The first-order valence-corrected chi connectivity index (χ1v) is 8.78. The van der Waals surface area contributed by atoms with Crippen molar-refractivity contribution in [2.75, 3.05) is 18.4 Å². The lowest BCUT2D eigenvalue weighted by atomic mass is 9.97. The van der Waals surface area contributed by atoms with Crippen molar-refractivity contribution in [2.45, 2.75) is 25.7 Å². The predicted molar refractivity (Wildman–Crippen MR) is 97.8 cm³/mol. The molecule has 7 nitrogen and oxygen atoms in total. The van der Waals surface area contributed by atoms with Gasteiger partial charge in [-0.25, -0.2) is 9.78 Å². The minimum absolute atomic E-state index is 0.0986. The van der Waals surface area contributed by atoms with E-state index in [2.05, 4.69) is 20.5 Å². The van der Waals surface area contributed by atoms with Crippen LogP contribution in [0.3, 0.4) is 0 Å². The molecule has 0 spiro atoms. The van der Waals surface area contributed by atoms with Gasteiger partial charge in [0.25, 0.3) is 0 Å². The number of hydrogen-bond donors (Lipinski definition) is 2. The van der Waals surface area contributed by atoms with E-state index < -0.39 is 0 Å². The molecular weight excluding hydrogens is 330 g/mol. The zero-order valence-corrected chi connectivity index (χ0v) is 14.6. The minimum Gasteiger partial charge on any atom is -0.464 e. The van der Waals surface area contributed by atoms with Gasteiger partial charge < -0.3 is 14.6 Å². The van der Waals surface area contributed by atoms with Crippen LogP contribution < -0.4 is 5.32 Å². The summed E-state index contributed by atoms with van der Waals surface area (Å²) >= 11 is 0. The number of aromatic nitrogens is 3. The van der Waals surface area contributed by atoms with E-state index in [1.165, 1.54) is 0 Å². The molecule has 4 rings (SSSR count). The van der Waals surface area contributed by atoms with E-state index in [-0.39, 0.29) is 11.9 Å². The van der Waals surface area contributed by atoms with Crippen molar-refractivity contribution in [2.24, 2.45) is 0 Å². The van der Waals surface area contributed by atoms with Gasteiger partial charge >= 0.3 is 6.03 Å². The first kappa shape index (κ1) is 16.4. The second-order valence-electron chi connectivity index (χ2n) is 6.55. The molecule has 1 aliphatic heterocycles. The molecule has 1 fully saturated rings. The summed E-state index contributed by atoms with van der Waals surface area (Å²) in [5, 5.41) is 10.1. The Morgan fingerprint density at radius 1 is 1.35 bits per heavy atom. The fraction of sp³-hybridized carbons (Fsp3) is 0.316. The van der Waals surface area contributed by atoms with Crippen LogP contribution in [0.2, 0.25) is 0 Å².